The highest BCUT2D eigenvalue weighted by Crippen LogP contribution is 2.24. The molecule has 6 nitrogen and oxygen atoms in total. The van der Waals surface area contributed by atoms with Crippen molar-refractivity contribution in [2.75, 3.05) is 26.4 Å². The molecule has 2 aliphatic rings. The maximum absolute atomic E-state index is 8.80. The first-order valence-electron chi connectivity index (χ1n) is 12.0. The smallest absolute Gasteiger partial charge is 0.216 e. The Labute approximate surface area is 186 Å². The van der Waals surface area contributed by atoms with Gasteiger partial charge in [0.05, 0.1) is 18.7 Å². The van der Waals surface area contributed by atoms with Crippen molar-refractivity contribution in [3.05, 3.63) is 29.3 Å². The molecule has 3 rings (SSSR count). The zero-order valence-electron chi connectivity index (χ0n) is 19.1. The van der Waals surface area contributed by atoms with Crippen LogP contribution in [0.3, 0.4) is 0 Å². The van der Waals surface area contributed by atoms with Crippen molar-refractivity contribution < 1.29 is 19.3 Å². The Bertz CT molecular complexity index is 701. The number of aliphatic hydroxyl groups is 1. The number of hydrogen-bond donors (Lipinski definition) is 1. The summed E-state index contributed by atoms with van der Waals surface area (Å²) in [5, 5.41) is 8.80. The van der Waals surface area contributed by atoms with Gasteiger partial charge in [-0.05, 0) is 44.9 Å². The van der Waals surface area contributed by atoms with E-state index in [1.165, 1.54) is 38.5 Å². The van der Waals surface area contributed by atoms with Crippen molar-refractivity contribution in [3.8, 4) is 5.75 Å². The van der Waals surface area contributed by atoms with Gasteiger partial charge in [0.2, 0.25) is 11.8 Å². The van der Waals surface area contributed by atoms with Gasteiger partial charge >= 0.3 is 0 Å². The van der Waals surface area contributed by atoms with Crippen LogP contribution in [0.2, 0.25) is 0 Å². The Morgan fingerprint density at radius 2 is 1.26 bits per heavy atom. The molecule has 1 aromatic rings. The van der Waals surface area contributed by atoms with E-state index in [-0.39, 0.29) is 12.1 Å². The fraction of sp³-hybridized carbons (Fsp3) is 0.680. The Morgan fingerprint density at radius 3 is 1.71 bits per heavy atom. The number of nitrogens with zero attached hydrogens (tertiary/aromatic N) is 2. The molecule has 0 amide bonds. The lowest BCUT2D eigenvalue weighted by Crippen LogP contribution is -2.08. The molecule has 2 heterocycles. The third-order valence-corrected chi connectivity index (χ3v) is 5.57. The van der Waals surface area contributed by atoms with Gasteiger partial charge in [-0.2, -0.15) is 0 Å². The Hall–Kier alpha value is -2.08. The van der Waals surface area contributed by atoms with Crippen molar-refractivity contribution in [2.24, 2.45) is 9.98 Å². The molecule has 2 atom stereocenters. The SMILES string of the molecule is C[C@@H]1COC(c2cc(OCCCCCCCCCCCO)cc(C3=N[C@H](C)CO3)c2)=N1. The monoisotopic (exact) mass is 430 g/mol. The summed E-state index contributed by atoms with van der Waals surface area (Å²) < 4.78 is 17.6. The van der Waals surface area contributed by atoms with Gasteiger partial charge in [-0.1, -0.05) is 44.9 Å². The highest BCUT2D eigenvalue weighted by Gasteiger charge is 2.21. The third-order valence-electron chi connectivity index (χ3n) is 5.57. The van der Waals surface area contributed by atoms with Crippen LogP contribution in [0.25, 0.3) is 0 Å². The van der Waals surface area contributed by atoms with Crippen molar-refractivity contribution in [1.29, 1.82) is 0 Å². The van der Waals surface area contributed by atoms with Gasteiger partial charge in [0, 0.05) is 17.7 Å². The molecule has 0 aliphatic carbocycles. The molecule has 0 unspecified atom stereocenters. The topological polar surface area (TPSA) is 72.6 Å². The van der Waals surface area contributed by atoms with Gasteiger partial charge in [-0.3, -0.25) is 0 Å². The van der Waals surface area contributed by atoms with Crippen LogP contribution < -0.4 is 4.74 Å². The molecule has 1 aromatic carbocycles. The normalized spacial score (nSPS) is 20.2. The maximum Gasteiger partial charge on any atom is 0.216 e. The first-order chi connectivity index (χ1) is 15.2. The van der Waals surface area contributed by atoms with E-state index in [0.29, 0.717) is 38.2 Å². The minimum absolute atomic E-state index is 0.179. The number of aliphatic hydroxyl groups excluding tert-OH is 1. The van der Waals surface area contributed by atoms with Crippen molar-refractivity contribution in [3.63, 3.8) is 0 Å². The van der Waals surface area contributed by atoms with E-state index in [0.717, 1.165) is 36.1 Å². The second kappa shape index (κ2) is 12.7. The summed E-state index contributed by atoms with van der Waals surface area (Å²) in [7, 11) is 0. The summed E-state index contributed by atoms with van der Waals surface area (Å²) >= 11 is 0. The molecule has 0 saturated heterocycles. The van der Waals surface area contributed by atoms with Gasteiger partial charge in [0.1, 0.15) is 19.0 Å². The quantitative estimate of drug-likeness (QED) is 0.426. The van der Waals surface area contributed by atoms with Crippen LogP contribution in [0.1, 0.15) is 82.8 Å². The third kappa shape index (κ3) is 7.84. The van der Waals surface area contributed by atoms with Crippen molar-refractivity contribution in [1.82, 2.24) is 0 Å². The van der Waals surface area contributed by atoms with E-state index < -0.39 is 0 Å². The Kier molecular flexibility index (Phi) is 9.66. The molecule has 0 spiro atoms. The van der Waals surface area contributed by atoms with Crippen molar-refractivity contribution in [2.45, 2.75) is 83.7 Å². The van der Waals surface area contributed by atoms with Gasteiger partial charge in [-0.25, -0.2) is 9.98 Å². The zero-order chi connectivity index (χ0) is 21.9. The van der Waals surface area contributed by atoms with Crippen LogP contribution in [0.4, 0.5) is 0 Å². The highest BCUT2D eigenvalue weighted by atomic mass is 16.5. The number of rotatable bonds is 14. The van der Waals surface area contributed by atoms with Gasteiger partial charge in [0.25, 0.3) is 0 Å². The Balaban J connectivity index is 1.46. The standard InChI is InChI=1S/C25H38N2O4/c1-19-17-30-24(26-19)21-14-22(25-27-20(2)18-31-25)16-23(15-21)29-13-11-9-7-5-3-4-6-8-10-12-28/h14-16,19-20,28H,3-13,17-18H2,1-2H3/t19-,20-/m1/s1. The highest BCUT2D eigenvalue weighted by molar-refractivity contribution is 6.01. The van der Waals surface area contributed by atoms with Crippen LogP contribution in [-0.4, -0.2) is 55.4 Å². The molecule has 0 saturated carbocycles. The molecule has 0 aromatic heterocycles. The van der Waals surface area contributed by atoms with Gasteiger partial charge in [0.15, 0.2) is 0 Å². The van der Waals surface area contributed by atoms with Crippen LogP contribution >= 0.6 is 0 Å². The van der Waals surface area contributed by atoms with E-state index in [2.05, 4.69) is 23.8 Å². The van der Waals surface area contributed by atoms with Gasteiger partial charge in [-0.15, -0.1) is 0 Å². The maximum atomic E-state index is 8.80. The van der Waals surface area contributed by atoms with Gasteiger partial charge < -0.3 is 19.3 Å². The van der Waals surface area contributed by atoms with Crippen LogP contribution in [0, 0.1) is 0 Å². The van der Waals surface area contributed by atoms with Crippen LogP contribution in [-0.2, 0) is 9.47 Å². The lowest BCUT2D eigenvalue weighted by Gasteiger charge is -2.11. The molecule has 6 heteroatoms. The van der Waals surface area contributed by atoms with Crippen LogP contribution in [0.15, 0.2) is 28.2 Å². The number of ether oxygens (including phenoxy) is 3. The molecule has 0 bridgehead atoms. The van der Waals surface area contributed by atoms with Crippen LogP contribution in [0.5, 0.6) is 5.75 Å². The molecule has 31 heavy (non-hydrogen) atoms. The summed E-state index contributed by atoms with van der Waals surface area (Å²) in [5.74, 6) is 2.16. The predicted molar refractivity (Wildman–Crippen MR) is 124 cm³/mol. The molecular weight excluding hydrogens is 392 g/mol. The minimum Gasteiger partial charge on any atom is -0.494 e. The summed E-state index contributed by atoms with van der Waals surface area (Å²) in [5.41, 5.74) is 1.84. The molecule has 172 valence electrons. The largest absolute Gasteiger partial charge is 0.494 e. The van der Waals surface area contributed by atoms with E-state index in [9.17, 15) is 0 Å². The second-order valence-corrected chi connectivity index (χ2v) is 8.69. The number of aliphatic imine (C=N–C) groups is 2. The second-order valence-electron chi connectivity index (χ2n) is 8.69. The summed E-state index contributed by atoms with van der Waals surface area (Å²) in [6, 6.07) is 6.40. The molecular formula is C25H38N2O4. The van der Waals surface area contributed by atoms with E-state index in [1.807, 2.05) is 18.2 Å². The number of hydrogen-bond acceptors (Lipinski definition) is 6. The van der Waals surface area contributed by atoms with E-state index in [4.69, 9.17) is 19.3 Å². The molecule has 2 aliphatic heterocycles. The lowest BCUT2D eigenvalue weighted by molar-refractivity contribution is 0.282. The Morgan fingerprint density at radius 1 is 0.774 bits per heavy atom. The zero-order valence-corrected chi connectivity index (χ0v) is 19.1. The molecule has 0 fully saturated rings. The lowest BCUT2D eigenvalue weighted by atomic mass is 10.1. The van der Waals surface area contributed by atoms with Crippen molar-refractivity contribution >= 4 is 11.8 Å². The fourth-order valence-electron chi connectivity index (χ4n) is 3.83. The predicted octanol–water partition coefficient (Wildman–Crippen LogP) is 4.90. The summed E-state index contributed by atoms with van der Waals surface area (Å²) in [4.78, 5) is 9.18. The number of unbranched alkanes of at least 4 members (excludes halogenated alkanes) is 8. The minimum atomic E-state index is 0.179. The average Bonchev–Trinajstić information content (AvgIpc) is 3.40. The van der Waals surface area contributed by atoms with E-state index in [1.54, 1.807) is 0 Å². The number of benzene rings is 1. The fourth-order valence-corrected chi connectivity index (χ4v) is 3.83. The molecule has 0 radical (unpaired) electrons. The first kappa shape index (κ1) is 23.6. The molecule has 1 N–H and O–H groups in total. The first-order valence-corrected chi connectivity index (χ1v) is 12.0. The summed E-state index contributed by atoms with van der Waals surface area (Å²) in [6.45, 7) is 6.36. The van der Waals surface area contributed by atoms with E-state index >= 15 is 0 Å². The average molecular weight is 431 g/mol. The summed E-state index contributed by atoms with van der Waals surface area (Å²) in [6.07, 6.45) is 10.7.